The minimum atomic E-state index is -4.39. The zero-order chi connectivity index (χ0) is 23.3. The molecule has 0 fully saturated rings. The quantitative estimate of drug-likeness (QED) is 0.197. The SMILES string of the molecule is O=C(O)Oc1cc(O)c2c(ccc3[nH]c(-c4cc(-c5ccc(C(F)(F)F)cc5)cs4)nc32)c1. The van der Waals surface area contributed by atoms with Gasteiger partial charge in [-0.05, 0) is 52.2 Å². The Morgan fingerprint density at radius 2 is 1.79 bits per heavy atom. The summed E-state index contributed by atoms with van der Waals surface area (Å²) in [5.74, 6) is 0.344. The second-order valence-electron chi connectivity index (χ2n) is 7.23. The number of H-pyrrole nitrogens is 1. The predicted octanol–water partition coefficient (Wildman–Crippen LogP) is 6.89. The summed E-state index contributed by atoms with van der Waals surface area (Å²) in [5.41, 5.74) is 1.85. The molecule has 0 bridgehead atoms. The maximum absolute atomic E-state index is 12.8. The molecule has 33 heavy (non-hydrogen) atoms. The number of carbonyl (C=O) groups is 1. The number of nitrogens with zero attached hydrogens (tertiary/aromatic N) is 1. The van der Waals surface area contributed by atoms with Crippen molar-refractivity contribution in [1.29, 1.82) is 0 Å². The van der Waals surface area contributed by atoms with E-state index in [0.717, 1.165) is 22.6 Å². The number of imidazole rings is 1. The van der Waals surface area contributed by atoms with Gasteiger partial charge in [0.2, 0.25) is 0 Å². The van der Waals surface area contributed by atoms with Crippen molar-refractivity contribution in [3.8, 4) is 33.3 Å². The lowest BCUT2D eigenvalue weighted by molar-refractivity contribution is -0.137. The first-order chi connectivity index (χ1) is 15.7. The van der Waals surface area contributed by atoms with Gasteiger partial charge in [-0.3, -0.25) is 0 Å². The minimum absolute atomic E-state index is 0.0120. The molecule has 0 aliphatic rings. The average Bonchev–Trinajstić information content (AvgIpc) is 3.39. The maximum atomic E-state index is 12.8. The smallest absolute Gasteiger partial charge is 0.507 e. The van der Waals surface area contributed by atoms with Crippen molar-refractivity contribution in [2.45, 2.75) is 6.18 Å². The number of phenols is 1. The predicted molar refractivity (Wildman–Crippen MR) is 118 cm³/mol. The lowest BCUT2D eigenvalue weighted by Gasteiger charge is -2.06. The zero-order valence-corrected chi connectivity index (χ0v) is 17.3. The van der Waals surface area contributed by atoms with Crippen molar-refractivity contribution in [3.05, 3.63) is 65.5 Å². The molecule has 0 unspecified atom stereocenters. The number of aromatic hydroxyl groups is 1. The highest BCUT2D eigenvalue weighted by Crippen LogP contribution is 2.38. The summed E-state index contributed by atoms with van der Waals surface area (Å²) in [6, 6.07) is 12.9. The Labute approximate surface area is 187 Å². The number of rotatable bonds is 3. The first-order valence-electron chi connectivity index (χ1n) is 9.52. The van der Waals surface area contributed by atoms with Crippen molar-refractivity contribution < 1.29 is 32.9 Å². The van der Waals surface area contributed by atoms with E-state index in [0.29, 0.717) is 33.2 Å². The third kappa shape index (κ3) is 3.85. The van der Waals surface area contributed by atoms with Crippen molar-refractivity contribution in [3.63, 3.8) is 0 Å². The van der Waals surface area contributed by atoms with Crippen LogP contribution < -0.4 is 4.74 Å². The summed E-state index contributed by atoms with van der Waals surface area (Å²) >= 11 is 1.38. The lowest BCUT2D eigenvalue weighted by atomic mass is 10.1. The van der Waals surface area contributed by atoms with Crippen LogP contribution in [0.1, 0.15) is 5.56 Å². The van der Waals surface area contributed by atoms with Gasteiger partial charge in [0.05, 0.1) is 21.3 Å². The number of nitrogens with one attached hydrogen (secondary N) is 1. The normalized spacial score (nSPS) is 11.8. The molecule has 0 saturated heterocycles. The van der Waals surface area contributed by atoms with Crippen molar-refractivity contribution in [2.75, 3.05) is 0 Å². The number of phenolic OH excluding ortho intramolecular Hbond substituents is 1. The fourth-order valence-electron chi connectivity index (χ4n) is 3.62. The van der Waals surface area contributed by atoms with Gasteiger partial charge in [-0.2, -0.15) is 13.2 Å². The number of ether oxygens (including phenoxy) is 1. The molecule has 0 atom stereocenters. The molecule has 0 radical (unpaired) electrons. The third-order valence-electron chi connectivity index (χ3n) is 5.10. The average molecular weight is 470 g/mol. The molecule has 0 spiro atoms. The van der Waals surface area contributed by atoms with Gasteiger partial charge < -0.3 is 19.9 Å². The van der Waals surface area contributed by atoms with Crippen LogP contribution in [0.3, 0.4) is 0 Å². The van der Waals surface area contributed by atoms with Crippen LogP contribution in [-0.2, 0) is 6.18 Å². The van der Waals surface area contributed by atoms with E-state index in [1.807, 2.05) is 11.4 Å². The van der Waals surface area contributed by atoms with E-state index in [2.05, 4.69) is 14.7 Å². The lowest BCUT2D eigenvalue weighted by Crippen LogP contribution is -2.03. The van der Waals surface area contributed by atoms with Crippen molar-refractivity contribution in [2.24, 2.45) is 0 Å². The Morgan fingerprint density at radius 1 is 1.03 bits per heavy atom. The number of carboxylic acid groups (broad SMARTS) is 1. The summed E-state index contributed by atoms with van der Waals surface area (Å²) in [7, 11) is 0. The van der Waals surface area contributed by atoms with Gasteiger partial charge in [-0.25, -0.2) is 9.78 Å². The minimum Gasteiger partial charge on any atom is -0.507 e. The molecule has 2 heterocycles. The first-order valence-corrected chi connectivity index (χ1v) is 10.4. The van der Waals surface area contributed by atoms with E-state index in [1.165, 1.54) is 35.6 Å². The maximum Gasteiger partial charge on any atom is 0.511 e. The highest BCUT2D eigenvalue weighted by molar-refractivity contribution is 7.13. The Bertz CT molecular complexity index is 1520. The third-order valence-corrected chi connectivity index (χ3v) is 6.04. The number of benzene rings is 3. The standard InChI is InChI=1S/C23H13F3N2O4S/c24-23(25,26)14-4-1-11(2-5-14)13-8-18(33-10-13)21-27-16-6-3-12-7-15(32-22(30)31)9-17(29)19(12)20(16)28-21/h1-10,29H,(H,27,28)(H,30,31). The number of alkyl halides is 3. The topological polar surface area (TPSA) is 95.4 Å². The van der Waals surface area contributed by atoms with Gasteiger partial charge >= 0.3 is 12.3 Å². The van der Waals surface area contributed by atoms with Crippen LogP contribution >= 0.6 is 11.3 Å². The van der Waals surface area contributed by atoms with Crippen LogP contribution in [0.4, 0.5) is 18.0 Å². The molecule has 0 saturated carbocycles. The molecule has 5 rings (SSSR count). The second kappa shape index (κ2) is 7.52. The number of fused-ring (bicyclic) bond motifs is 3. The van der Waals surface area contributed by atoms with Gasteiger partial charge in [-0.1, -0.05) is 18.2 Å². The zero-order valence-electron chi connectivity index (χ0n) is 16.5. The number of aromatic amines is 1. The van der Waals surface area contributed by atoms with E-state index in [4.69, 9.17) is 5.11 Å². The summed E-state index contributed by atoms with van der Waals surface area (Å²) in [6.45, 7) is 0. The molecule has 6 nitrogen and oxygen atoms in total. The van der Waals surface area contributed by atoms with Gasteiger partial charge in [-0.15, -0.1) is 11.3 Å². The fraction of sp³-hybridized carbons (Fsp3) is 0.0435. The summed E-state index contributed by atoms with van der Waals surface area (Å²) in [6.07, 6.45) is -5.88. The Morgan fingerprint density at radius 3 is 2.48 bits per heavy atom. The molecular formula is C23H13F3N2O4S. The van der Waals surface area contributed by atoms with Gasteiger partial charge in [0.15, 0.2) is 0 Å². The molecule has 0 aliphatic heterocycles. The Balaban J connectivity index is 1.53. The molecule has 3 N–H and O–H groups in total. The molecule has 0 aliphatic carbocycles. The summed E-state index contributed by atoms with van der Waals surface area (Å²) in [5, 5.41) is 22.1. The molecule has 2 aromatic heterocycles. The van der Waals surface area contributed by atoms with Crippen LogP contribution in [0.25, 0.3) is 43.6 Å². The second-order valence-corrected chi connectivity index (χ2v) is 8.14. The highest BCUT2D eigenvalue weighted by atomic mass is 32.1. The van der Waals surface area contributed by atoms with Crippen molar-refractivity contribution >= 4 is 39.3 Å². The van der Waals surface area contributed by atoms with Crippen LogP contribution in [0, 0.1) is 0 Å². The molecule has 166 valence electrons. The molecule has 10 heteroatoms. The fourth-order valence-corrected chi connectivity index (χ4v) is 4.48. The monoisotopic (exact) mass is 470 g/mol. The summed E-state index contributed by atoms with van der Waals surface area (Å²) in [4.78, 5) is 19.3. The number of aromatic nitrogens is 2. The molecular weight excluding hydrogens is 457 g/mol. The number of halogens is 3. The molecule has 5 aromatic rings. The van der Waals surface area contributed by atoms with E-state index >= 15 is 0 Å². The van der Waals surface area contributed by atoms with E-state index in [9.17, 15) is 23.1 Å². The van der Waals surface area contributed by atoms with E-state index in [1.54, 1.807) is 12.1 Å². The van der Waals surface area contributed by atoms with Crippen LogP contribution in [-0.4, -0.2) is 26.3 Å². The molecule has 0 amide bonds. The van der Waals surface area contributed by atoms with Crippen LogP contribution in [0.2, 0.25) is 0 Å². The van der Waals surface area contributed by atoms with Crippen LogP contribution in [0.5, 0.6) is 11.5 Å². The largest absolute Gasteiger partial charge is 0.511 e. The Kier molecular flexibility index (Phi) is 4.75. The molecule has 3 aromatic carbocycles. The van der Waals surface area contributed by atoms with E-state index < -0.39 is 17.9 Å². The van der Waals surface area contributed by atoms with Gasteiger partial charge in [0, 0.05) is 6.07 Å². The first kappa shape index (κ1) is 20.8. The van der Waals surface area contributed by atoms with Crippen LogP contribution in [0.15, 0.2) is 60.0 Å². The Hall–Kier alpha value is -4.05. The number of thiophene rings is 1. The summed E-state index contributed by atoms with van der Waals surface area (Å²) < 4.78 is 43.0. The van der Waals surface area contributed by atoms with Gasteiger partial charge in [0.1, 0.15) is 22.8 Å². The number of hydrogen-bond donors (Lipinski definition) is 3. The van der Waals surface area contributed by atoms with E-state index in [-0.39, 0.29) is 11.5 Å². The highest BCUT2D eigenvalue weighted by Gasteiger charge is 2.30. The van der Waals surface area contributed by atoms with Gasteiger partial charge in [0.25, 0.3) is 0 Å². The van der Waals surface area contributed by atoms with Crippen molar-refractivity contribution in [1.82, 2.24) is 9.97 Å². The number of hydrogen-bond acceptors (Lipinski definition) is 5.